The summed E-state index contributed by atoms with van der Waals surface area (Å²) in [6, 6.07) is 0.745. The monoisotopic (exact) mass is 335 g/mol. The van der Waals surface area contributed by atoms with E-state index in [-0.39, 0.29) is 6.42 Å². The fourth-order valence-corrected chi connectivity index (χ4v) is 4.13. The van der Waals surface area contributed by atoms with Gasteiger partial charge in [0, 0.05) is 33.9 Å². The molecule has 0 fully saturated rings. The third-order valence-corrected chi connectivity index (χ3v) is 6.69. The lowest BCUT2D eigenvalue weighted by Crippen LogP contribution is -2.43. The summed E-state index contributed by atoms with van der Waals surface area (Å²) < 4.78 is 16.2. The van der Waals surface area contributed by atoms with E-state index in [2.05, 4.69) is 11.8 Å². The Kier molecular flexibility index (Phi) is 12.7. The van der Waals surface area contributed by atoms with Crippen molar-refractivity contribution in [2.75, 3.05) is 41.0 Å². The molecule has 0 rings (SSSR count). The molecular weight excluding hydrogens is 302 g/mol. The minimum Gasteiger partial charge on any atom is -0.481 e. The molecule has 0 saturated heterocycles. The summed E-state index contributed by atoms with van der Waals surface area (Å²) in [6.45, 7) is 4.59. The number of hydrogen-bond donors (Lipinski definition) is 1. The third kappa shape index (κ3) is 9.53. The molecule has 0 unspecified atom stereocenters. The van der Waals surface area contributed by atoms with E-state index < -0.39 is 14.8 Å². The van der Waals surface area contributed by atoms with Crippen LogP contribution in [0.1, 0.15) is 45.4 Å². The molecule has 0 aromatic carbocycles. The van der Waals surface area contributed by atoms with Crippen LogP contribution >= 0.6 is 0 Å². The fraction of sp³-hybridized carbons (Fsp3) is 0.933. The minimum absolute atomic E-state index is 0.190. The van der Waals surface area contributed by atoms with Crippen LogP contribution in [0.15, 0.2) is 0 Å². The highest BCUT2D eigenvalue weighted by Gasteiger charge is 2.36. The summed E-state index contributed by atoms with van der Waals surface area (Å²) in [7, 11) is 2.34. The summed E-state index contributed by atoms with van der Waals surface area (Å²) in [5, 5.41) is 8.86. The van der Waals surface area contributed by atoms with Crippen LogP contribution in [-0.2, 0) is 18.1 Å². The smallest absolute Gasteiger partial charge is 0.481 e. The zero-order valence-corrected chi connectivity index (χ0v) is 15.6. The Morgan fingerprint density at radius 1 is 0.955 bits per heavy atom. The fourth-order valence-electron chi connectivity index (χ4n) is 2.43. The highest BCUT2D eigenvalue weighted by molar-refractivity contribution is 6.60. The lowest BCUT2D eigenvalue weighted by molar-refractivity contribution is -0.137. The average Bonchev–Trinajstić information content (AvgIpc) is 2.53. The van der Waals surface area contributed by atoms with Gasteiger partial charge in [-0.15, -0.1) is 0 Å². The van der Waals surface area contributed by atoms with Crippen LogP contribution in [0.4, 0.5) is 0 Å². The Morgan fingerprint density at radius 3 is 2.05 bits per heavy atom. The molecule has 1 N–H and O–H groups in total. The van der Waals surface area contributed by atoms with Gasteiger partial charge < -0.3 is 23.3 Å². The molecule has 0 aliphatic rings. The van der Waals surface area contributed by atoms with Crippen molar-refractivity contribution in [3.8, 4) is 0 Å². The van der Waals surface area contributed by atoms with Gasteiger partial charge in [0.25, 0.3) is 0 Å². The lowest BCUT2D eigenvalue weighted by Gasteiger charge is -2.26. The van der Waals surface area contributed by atoms with E-state index in [9.17, 15) is 4.79 Å². The molecule has 0 atom stereocenters. The van der Waals surface area contributed by atoms with E-state index in [1.54, 1.807) is 21.3 Å². The largest absolute Gasteiger partial charge is 0.500 e. The first-order valence-corrected chi connectivity index (χ1v) is 10.1. The molecular formula is C15H33NO5Si. The quantitative estimate of drug-likeness (QED) is 0.366. The summed E-state index contributed by atoms with van der Waals surface area (Å²) in [5.74, 6) is -0.743. The zero-order chi connectivity index (χ0) is 16.8. The molecule has 0 aliphatic heterocycles. The highest BCUT2D eigenvalue weighted by Crippen LogP contribution is 2.15. The van der Waals surface area contributed by atoms with Gasteiger partial charge in [0.2, 0.25) is 0 Å². The second kappa shape index (κ2) is 13.0. The first kappa shape index (κ1) is 21.5. The molecule has 22 heavy (non-hydrogen) atoms. The van der Waals surface area contributed by atoms with Crippen molar-refractivity contribution in [1.82, 2.24) is 4.90 Å². The van der Waals surface area contributed by atoms with Crippen LogP contribution in [0.5, 0.6) is 0 Å². The SMILES string of the molecule is CCCCCCN(CCC[Si](OC)(OC)OC)CCC(=O)O. The topological polar surface area (TPSA) is 68.2 Å². The maximum atomic E-state index is 10.8. The molecule has 0 aromatic heterocycles. The number of carbonyl (C=O) groups is 1. The second-order valence-corrected chi connectivity index (χ2v) is 8.54. The third-order valence-electron chi connectivity index (χ3n) is 3.86. The minimum atomic E-state index is -2.52. The Bertz CT molecular complexity index is 279. The molecule has 0 aliphatic carbocycles. The van der Waals surface area contributed by atoms with E-state index >= 15 is 0 Å². The van der Waals surface area contributed by atoms with Crippen LogP contribution in [0.25, 0.3) is 0 Å². The molecule has 0 saturated carbocycles. The van der Waals surface area contributed by atoms with Gasteiger partial charge in [0.1, 0.15) is 0 Å². The number of aliphatic carboxylic acids is 1. The standard InChI is InChI=1S/C15H33NO5Si/c1-5-6-7-8-11-16(13-10-15(17)18)12-9-14-22(19-2,20-3)21-4/h5-14H2,1-4H3,(H,17,18). The molecule has 0 spiro atoms. The van der Waals surface area contributed by atoms with Gasteiger partial charge in [-0.1, -0.05) is 26.2 Å². The van der Waals surface area contributed by atoms with Crippen molar-refractivity contribution >= 4 is 14.8 Å². The molecule has 0 aromatic rings. The Labute approximate surface area is 136 Å². The number of nitrogens with zero attached hydrogens (tertiary/aromatic N) is 1. The normalized spacial score (nSPS) is 12.0. The van der Waals surface area contributed by atoms with Crippen LogP contribution in [0.2, 0.25) is 6.04 Å². The second-order valence-electron chi connectivity index (χ2n) is 5.44. The predicted octanol–water partition coefficient (Wildman–Crippen LogP) is 2.61. The van der Waals surface area contributed by atoms with Crippen molar-refractivity contribution < 1.29 is 23.2 Å². The Hall–Kier alpha value is -0.473. The van der Waals surface area contributed by atoms with Gasteiger partial charge >= 0.3 is 14.8 Å². The number of unbranched alkanes of at least 4 members (excludes halogenated alkanes) is 3. The van der Waals surface area contributed by atoms with Gasteiger partial charge in [-0.3, -0.25) is 4.79 Å². The predicted molar refractivity (Wildman–Crippen MR) is 89.0 cm³/mol. The van der Waals surface area contributed by atoms with E-state index in [4.69, 9.17) is 18.4 Å². The van der Waals surface area contributed by atoms with Gasteiger partial charge in [0.15, 0.2) is 0 Å². The van der Waals surface area contributed by atoms with Crippen molar-refractivity contribution in [2.24, 2.45) is 0 Å². The summed E-state index contributed by atoms with van der Waals surface area (Å²) in [4.78, 5) is 13.0. The van der Waals surface area contributed by atoms with Crippen molar-refractivity contribution in [2.45, 2.75) is 51.5 Å². The summed E-state index contributed by atoms with van der Waals surface area (Å²) in [5.41, 5.74) is 0. The summed E-state index contributed by atoms with van der Waals surface area (Å²) >= 11 is 0. The van der Waals surface area contributed by atoms with Gasteiger partial charge in [-0.2, -0.15) is 0 Å². The van der Waals surface area contributed by atoms with Crippen LogP contribution in [0.3, 0.4) is 0 Å². The number of carboxylic acid groups (broad SMARTS) is 1. The summed E-state index contributed by atoms with van der Waals surface area (Å²) in [6.07, 6.45) is 5.84. The Balaban J connectivity index is 4.22. The van der Waals surface area contributed by atoms with Crippen LogP contribution in [-0.4, -0.2) is 65.7 Å². The molecule has 0 radical (unpaired) electrons. The van der Waals surface area contributed by atoms with E-state index in [0.717, 1.165) is 32.0 Å². The first-order valence-electron chi connectivity index (χ1n) is 8.13. The molecule has 0 bridgehead atoms. The average molecular weight is 336 g/mol. The highest BCUT2D eigenvalue weighted by atomic mass is 28.4. The number of hydrogen-bond acceptors (Lipinski definition) is 5. The lowest BCUT2D eigenvalue weighted by atomic mass is 10.2. The number of carboxylic acids is 1. The molecule has 6 nitrogen and oxygen atoms in total. The molecule has 0 amide bonds. The van der Waals surface area contributed by atoms with E-state index in [1.165, 1.54) is 19.3 Å². The van der Waals surface area contributed by atoms with Gasteiger partial charge in [-0.25, -0.2) is 0 Å². The van der Waals surface area contributed by atoms with Crippen LogP contribution in [0, 0.1) is 0 Å². The van der Waals surface area contributed by atoms with Gasteiger partial charge in [0.05, 0.1) is 6.42 Å². The van der Waals surface area contributed by atoms with Crippen molar-refractivity contribution in [3.63, 3.8) is 0 Å². The molecule has 0 heterocycles. The number of rotatable bonds is 15. The first-order chi connectivity index (χ1) is 10.5. The maximum absolute atomic E-state index is 10.8. The molecule has 132 valence electrons. The zero-order valence-electron chi connectivity index (χ0n) is 14.6. The van der Waals surface area contributed by atoms with Crippen LogP contribution < -0.4 is 0 Å². The maximum Gasteiger partial charge on any atom is 0.500 e. The van der Waals surface area contributed by atoms with E-state index in [0.29, 0.717) is 6.54 Å². The van der Waals surface area contributed by atoms with E-state index in [1.807, 2.05) is 0 Å². The molecule has 7 heteroatoms. The van der Waals surface area contributed by atoms with Gasteiger partial charge in [-0.05, 0) is 25.9 Å². The van der Waals surface area contributed by atoms with Crippen molar-refractivity contribution in [3.05, 3.63) is 0 Å². The van der Waals surface area contributed by atoms with Crippen molar-refractivity contribution in [1.29, 1.82) is 0 Å². The Morgan fingerprint density at radius 2 is 1.55 bits per heavy atom.